The molecule has 0 aromatic heterocycles. The Hall–Kier alpha value is -0.220. The standard InChI is InChI=1S/C9H18N2OS/c10-4-2-1-3-5-11-7-8(13)6-9(11)12/h8,13H,1-7,10H2. The molecular formula is C9H18N2OS. The van der Waals surface area contributed by atoms with Crippen LogP contribution in [0.1, 0.15) is 25.7 Å². The molecule has 1 aliphatic rings. The van der Waals surface area contributed by atoms with E-state index < -0.39 is 0 Å². The second-order valence-corrected chi connectivity index (χ2v) is 4.28. The van der Waals surface area contributed by atoms with Crippen molar-refractivity contribution < 1.29 is 4.79 Å². The Morgan fingerprint density at radius 3 is 2.77 bits per heavy atom. The van der Waals surface area contributed by atoms with Gasteiger partial charge in [0, 0.05) is 24.8 Å². The maximum Gasteiger partial charge on any atom is 0.223 e. The highest BCUT2D eigenvalue weighted by Gasteiger charge is 2.26. The number of unbranched alkanes of at least 4 members (excludes halogenated alkanes) is 2. The Morgan fingerprint density at radius 1 is 1.46 bits per heavy atom. The average Bonchev–Trinajstić information content (AvgIpc) is 2.39. The smallest absolute Gasteiger partial charge is 0.223 e. The van der Waals surface area contributed by atoms with Gasteiger partial charge in [0.1, 0.15) is 0 Å². The number of hydrogen-bond acceptors (Lipinski definition) is 3. The van der Waals surface area contributed by atoms with Crippen LogP contribution >= 0.6 is 12.6 Å². The Balaban J connectivity index is 2.11. The molecule has 0 radical (unpaired) electrons. The SMILES string of the molecule is NCCCCCN1CC(S)CC1=O. The van der Waals surface area contributed by atoms with Gasteiger partial charge in [-0.3, -0.25) is 4.79 Å². The van der Waals surface area contributed by atoms with Crippen LogP contribution < -0.4 is 5.73 Å². The van der Waals surface area contributed by atoms with Crippen molar-refractivity contribution in [2.75, 3.05) is 19.6 Å². The van der Waals surface area contributed by atoms with Crippen molar-refractivity contribution >= 4 is 18.5 Å². The van der Waals surface area contributed by atoms with Gasteiger partial charge in [0.25, 0.3) is 0 Å². The lowest BCUT2D eigenvalue weighted by Gasteiger charge is -2.15. The predicted molar refractivity (Wildman–Crippen MR) is 56.9 cm³/mol. The summed E-state index contributed by atoms with van der Waals surface area (Å²) in [7, 11) is 0. The molecule has 0 spiro atoms. The van der Waals surface area contributed by atoms with Gasteiger partial charge >= 0.3 is 0 Å². The van der Waals surface area contributed by atoms with Gasteiger partial charge in [-0.1, -0.05) is 6.42 Å². The molecule has 1 saturated heterocycles. The molecule has 1 heterocycles. The number of carbonyl (C=O) groups is 1. The number of hydrogen-bond donors (Lipinski definition) is 2. The highest BCUT2D eigenvalue weighted by molar-refractivity contribution is 7.81. The van der Waals surface area contributed by atoms with Crippen molar-refractivity contribution in [1.82, 2.24) is 4.90 Å². The van der Waals surface area contributed by atoms with Crippen LogP contribution in [0.3, 0.4) is 0 Å². The Bertz CT molecular complexity index is 175. The van der Waals surface area contributed by atoms with Crippen LogP contribution in [0.5, 0.6) is 0 Å². The third-order valence-electron chi connectivity index (χ3n) is 2.33. The number of carbonyl (C=O) groups excluding carboxylic acids is 1. The van der Waals surface area contributed by atoms with E-state index in [4.69, 9.17) is 5.73 Å². The van der Waals surface area contributed by atoms with Crippen LogP contribution in [0.4, 0.5) is 0 Å². The van der Waals surface area contributed by atoms with Crippen LogP contribution in [0.2, 0.25) is 0 Å². The molecule has 2 N–H and O–H groups in total. The zero-order valence-electron chi connectivity index (χ0n) is 7.91. The summed E-state index contributed by atoms with van der Waals surface area (Å²) in [5.41, 5.74) is 5.38. The average molecular weight is 202 g/mol. The van der Waals surface area contributed by atoms with E-state index in [-0.39, 0.29) is 11.2 Å². The van der Waals surface area contributed by atoms with Crippen LogP contribution in [-0.2, 0) is 4.79 Å². The van der Waals surface area contributed by atoms with Crippen molar-refractivity contribution in [1.29, 1.82) is 0 Å². The quantitative estimate of drug-likeness (QED) is 0.508. The van der Waals surface area contributed by atoms with Crippen molar-refractivity contribution in [3.63, 3.8) is 0 Å². The minimum Gasteiger partial charge on any atom is -0.342 e. The second-order valence-electron chi connectivity index (χ2n) is 3.55. The van der Waals surface area contributed by atoms with Crippen molar-refractivity contribution in [3.8, 4) is 0 Å². The number of amides is 1. The molecular weight excluding hydrogens is 184 g/mol. The summed E-state index contributed by atoms with van der Waals surface area (Å²) in [6, 6.07) is 0. The maximum atomic E-state index is 11.3. The molecule has 4 heteroatoms. The van der Waals surface area contributed by atoms with E-state index in [1.165, 1.54) is 0 Å². The van der Waals surface area contributed by atoms with Gasteiger partial charge in [-0.25, -0.2) is 0 Å². The minimum atomic E-state index is 0.252. The van der Waals surface area contributed by atoms with Crippen molar-refractivity contribution in [2.24, 2.45) is 5.73 Å². The lowest BCUT2D eigenvalue weighted by Crippen LogP contribution is -2.26. The van der Waals surface area contributed by atoms with Crippen molar-refractivity contribution in [3.05, 3.63) is 0 Å². The van der Waals surface area contributed by atoms with Gasteiger partial charge < -0.3 is 10.6 Å². The van der Waals surface area contributed by atoms with Gasteiger partial charge in [-0.15, -0.1) is 0 Å². The number of thiol groups is 1. The molecule has 1 rings (SSSR count). The summed E-state index contributed by atoms with van der Waals surface area (Å²) in [5.74, 6) is 0.257. The summed E-state index contributed by atoms with van der Waals surface area (Å²) in [4.78, 5) is 13.2. The lowest BCUT2D eigenvalue weighted by atomic mass is 10.2. The van der Waals surface area contributed by atoms with Crippen LogP contribution in [-0.4, -0.2) is 35.7 Å². The fraction of sp³-hybridized carbons (Fsp3) is 0.889. The highest BCUT2D eigenvalue weighted by Crippen LogP contribution is 2.16. The number of nitrogens with zero attached hydrogens (tertiary/aromatic N) is 1. The number of likely N-dealkylation sites (tertiary alicyclic amines) is 1. The van der Waals surface area contributed by atoms with Crippen LogP contribution in [0, 0.1) is 0 Å². The monoisotopic (exact) mass is 202 g/mol. The molecule has 76 valence electrons. The van der Waals surface area contributed by atoms with E-state index in [9.17, 15) is 4.79 Å². The first-order valence-corrected chi connectivity index (χ1v) is 5.41. The Morgan fingerprint density at radius 2 is 2.23 bits per heavy atom. The van der Waals surface area contributed by atoms with E-state index in [0.29, 0.717) is 6.42 Å². The molecule has 13 heavy (non-hydrogen) atoms. The first kappa shape index (κ1) is 10.9. The largest absolute Gasteiger partial charge is 0.342 e. The van der Waals surface area contributed by atoms with Gasteiger partial charge in [0.2, 0.25) is 5.91 Å². The second kappa shape index (κ2) is 5.50. The van der Waals surface area contributed by atoms with Gasteiger partial charge in [0.05, 0.1) is 0 Å². The Labute approximate surface area is 85.1 Å². The number of rotatable bonds is 5. The molecule has 0 aromatic rings. The molecule has 1 unspecified atom stereocenters. The van der Waals surface area contributed by atoms with Crippen LogP contribution in [0.15, 0.2) is 0 Å². The third-order valence-corrected chi connectivity index (χ3v) is 2.67. The summed E-state index contributed by atoms with van der Waals surface area (Å²) < 4.78 is 0. The van der Waals surface area contributed by atoms with E-state index in [1.807, 2.05) is 4.90 Å². The summed E-state index contributed by atoms with van der Waals surface area (Å²) in [6.07, 6.45) is 3.87. The van der Waals surface area contributed by atoms with Gasteiger partial charge in [-0.05, 0) is 19.4 Å². The molecule has 0 bridgehead atoms. The summed E-state index contributed by atoms with van der Waals surface area (Å²) in [5, 5.41) is 0.252. The minimum absolute atomic E-state index is 0.252. The molecule has 1 atom stereocenters. The topological polar surface area (TPSA) is 46.3 Å². The van der Waals surface area contributed by atoms with E-state index in [2.05, 4.69) is 12.6 Å². The van der Waals surface area contributed by atoms with Gasteiger partial charge in [-0.2, -0.15) is 12.6 Å². The Kier molecular flexibility index (Phi) is 4.59. The normalized spacial score (nSPS) is 22.8. The van der Waals surface area contributed by atoms with Crippen molar-refractivity contribution in [2.45, 2.75) is 30.9 Å². The first-order chi connectivity index (χ1) is 6.24. The van der Waals surface area contributed by atoms with Crippen LogP contribution in [0.25, 0.3) is 0 Å². The van der Waals surface area contributed by atoms with Gasteiger partial charge in [0.15, 0.2) is 0 Å². The summed E-state index contributed by atoms with van der Waals surface area (Å²) in [6.45, 7) is 2.46. The molecule has 3 nitrogen and oxygen atoms in total. The molecule has 1 fully saturated rings. The predicted octanol–water partition coefficient (Wildman–Crippen LogP) is 0.646. The highest BCUT2D eigenvalue weighted by atomic mass is 32.1. The summed E-state index contributed by atoms with van der Waals surface area (Å²) >= 11 is 4.29. The molecule has 1 amide bonds. The fourth-order valence-corrected chi connectivity index (χ4v) is 1.94. The fourth-order valence-electron chi connectivity index (χ4n) is 1.59. The number of nitrogens with two attached hydrogens (primary N) is 1. The molecule has 0 aromatic carbocycles. The molecule has 0 saturated carbocycles. The zero-order chi connectivity index (χ0) is 9.68. The molecule has 1 aliphatic heterocycles. The zero-order valence-corrected chi connectivity index (χ0v) is 8.80. The third kappa shape index (κ3) is 3.56. The lowest BCUT2D eigenvalue weighted by molar-refractivity contribution is -0.127. The first-order valence-electron chi connectivity index (χ1n) is 4.90. The van der Waals surface area contributed by atoms with E-state index in [1.54, 1.807) is 0 Å². The molecule has 0 aliphatic carbocycles. The van der Waals surface area contributed by atoms with E-state index in [0.717, 1.165) is 38.9 Å². The van der Waals surface area contributed by atoms with E-state index >= 15 is 0 Å². The maximum absolute atomic E-state index is 11.3.